The summed E-state index contributed by atoms with van der Waals surface area (Å²) in [5.74, 6) is -0.299. The summed E-state index contributed by atoms with van der Waals surface area (Å²) in [5.41, 5.74) is 7.09. The average Bonchev–Trinajstić information content (AvgIpc) is 2.28. The lowest BCUT2D eigenvalue weighted by molar-refractivity contribution is 0.600. The second-order valence-corrected chi connectivity index (χ2v) is 4.29. The second kappa shape index (κ2) is 5.65. The van der Waals surface area contributed by atoms with E-state index in [0.29, 0.717) is 12.1 Å². The fourth-order valence-electron chi connectivity index (χ4n) is 1.76. The number of nitrogens with two attached hydrogens (primary N) is 1. The predicted molar refractivity (Wildman–Crippen MR) is 67.1 cm³/mol. The lowest BCUT2D eigenvalue weighted by Crippen LogP contribution is -2.31. The summed E-state index contributed by atoms with van der Waals surface area (Å²) in [5, 5.41) is 8.69. The van der Waals surface area contributed by atoms with Crippen molar-refractivity contribution in [2.24, 2.45) is 5.73 Å². The van der Waals surface area contributed by atoms with Gasteiger partial charge in [-0.3, -0.25) is 0 Å². The zero-order valence-corrected chi connectivity index (χ0v) is 10.4. The lowest BCUT2D eigenvalue weighted by Gasteiger charge is -2.29. The van der Waals surface area contributed by atoms with Crippen molar-refractivity contribution in [2.75, 3.05) is 11.9 Å². The van der Waals surface area contributed by atoms with Crippen molar-refractivity contribution in [3.8, 4) is 6.07 Å². The van der Waals surface area contributed by atoms with Crippen molar-refractivity contribution >= 4 is 5.69 Å². The molecule has 0 bridgehead atoms. The van der Waals surface area contributed by atoms with Crippen molar-refractivity contribution in [1.29, 1.82) is 5.26 Å². The van der Waals surface area contributed by atoms with Crippen LogP contribution in [-0.4, -0.2) is 13.1 Å². The van der Waals surface area contributed by atoms with Crippen LogP contribution < -0.4 is 10.6 Å². The molecule has 2 N–H and O–H groups in total. The Labute approximate surface area is 102 Å². The maximum absolute atomic E-state index is 13.9. The Morgan fingerprint density at radius 2 is 2.12 bits per heavy atom. The first-order valence-corrected chi connectivity index (χ1v) is 5.62. The van der Waals surface area contributed by atoms with Crippen molar-refractivity contribution in [3.05, 3.63) is 29.6 Å². The Hall–Kier alpha value is -1.60. The first-order valence-electron chi connectivity index (χ1n) is 5.62. The van der Waals surface area contributed by atoms with Crippen LogP contribution in [0.25, 0.3) is 0 Å². The summed E-state index contributed by atoms with van der Waals surface area (Å²) < 4.78 is 13.9. The molecule has 1 aromatic rings. The van der Waals surface area contributed by atoms with E-state index in [9.17, 15) is 4.39 Å². The molecule has 0 aliphatic carbocycles. The molecule has 3 nitrogen and oxygen atoms in total. The average molecular weight is 235 g/mol. The van der Waals surface area contributed by atoms with Crippen molar-refractivity contribution < 1.29 is 4.39 Å². The Morgan fingerprint density at radius 3 is 2.65 bits per heavy atom. The zero-order valence-electron chi connectivity index (χ0n) is 10.4. The van der Waals surface area contributed by atoms with Crippen LogP contribution in [0.4, 0.5) is 10.1 Å². The maximum atomic E-state index is 13.9. The number of nitrogens with zero attached hydrogens (tertiary/aromatic N) is 2. The molecular formula is C13H18FN3. The molecule has 0 heterocycles. The van der Waals surface area contributed by atoms with Gasteiger partial charge >= 0.3 is 0 Å². The summed E-state index contributed by atoms with van der Waals surface area (Å²) in [4.78, 5) is 1.78. The van der Waals surface area contributed by atoms with Crippen LogP contribution in [0, 0.1) is 17.1 Å². The van der Waals surface area contributed by atoms with Gasteiger partial charge in [-0.2, -0.15) is 5.26 Å². The van der Waals surface area contributed by atoms with Crippen molar-refractivity contribution in [2.45, 2.75) is 32.4 Å². The molecular weight excluding hydrogens is 217 g/mol. The molecule has 2 atom stereocenters. The Morgan fingerprint density at radius 1 is 1.47 bits per heavy atom. The normalized spacial score (nSPS) is 13.9. The maximum Gasteiger partial charge on any atom is 0.146 e. The number of nitriles is 1. The topological polar surface area (TPSA) is 53.0 Å². The van der Waals surface area contributed by atoms with E-state index in [4.69, 9.17) is 11.0 Å². The molecule has 4 heteroatoms. The molecule has 0 radical (unpaired) electrons. The minimum atomic E-state index is -0.299. The second-order valence-electron chi connectivity index (χ2n) is 4.29. The molecule has 0 amide bonds. The van der Waals surface area contributed by atoms with Crippen molar-refractivity contribution in [1.82, 2.24) is 0 Å². The number of benzene rings is 1. The van der Waals surface area contributed by atoms with E-state index in [1.807, 2.05) is 19.9 Å². The number of anilines is 1. The van der Waals surface area contributed by atoms with Gasteiger partial charge in [0.25, 0.3) is 0 Å². The lowest BCUT2D eigenvalue weighted by atomic mass is 10.0. The predicted octanol–water partition coefficient (Wildman–Crippen LogP) is 2.58. The molecule has 1 rings (SSSR count). The van der Waals surface area contributed by atoms with Crippen LogP contribution >= 0.6 is 0 Å². The summed E-state index contributed by atoms with van der Waals surface area (Å²) in [6, 6.07) is 6.69. The van der Waals surface area contributed by atoms with Gasteiger partial charge in [0.1, 0.15) is 5.82 Å². The fourth-order valence-corrected chi connectivity index (χ4v) is 1.76. The van der Waals surface area contributed by atoms with Gasteiger partial charge in [0, 0.05) is 19.1 Å². The third-order valence-corrected chi connectivity index (χ3v) is 2.91. The SMILES string of the molecule is CC(CC#N)N(C)c1c(F)cccc1[C@@H](C)N. The molecule has 0 aromatic heterocycles. The number of hydrogen-bond acceptors (Lipinski definition) is 3. The Kier molecular flexibility index (Phi) is 4.47. The van der Waals surface area contributed by atoms with Crippen LogP contribution in [0.5, 0.6) is 0 Å². The third kappa shape index (κ3) is 2.95. The molecule has 92 valence electrons. The largest absolute Gasteiger partial charge is 0.368 e. The van der Waals surface area contributed by atoms with Gasteiger partial charge in [0.2, 0.25) is 0 Å². The quantitative estimate of drug-likeness (QED) is 0.872. The van der Waals surface area contributed by atoms with Crippen LogP contribution in [0.2, 0.25) is 0 Å². The molecule has 0 saturated heterocycles. The van der Waals surface area contributed by atoms with E-state index in [2.05, 4.69) is 6.07 Å². The smallest absolute Gasteiger partial charge is 0.146 e. The molecule has 0 aliphatic rings. The van der Waals surface area contributed by atoms with Crippen LogP contribution in [0.15, 0.2) is 18.2 Å². The van der Waals surface area contributed by atoms with E-state index < -0.39 is 0 Å². The molecule has 0 fully saturated rings. The van der Waals surface area contributed by atoms with Gasteiger partial charge < -0.3 is 10.6 Å². The summed E-state index contributed by atoms with van der Waals surface area (Å²) in [6.45, 7) is 3.71. The minimum absolute atomic E-state index is 0.0469. The molecule has 0 spiro atoms. The highest BCUT2D eigenvalue weighted by atomic mass is 19.1. The molecule has 1 unspecified atom stereocenters. The third-order valence-electron chi connectivity index (χ3n) is 2.91. The standard InChI is InChI=1S/C13H18FN3/c1-9(7-8-15)17(3)13-11(10(2)16)5-4-6-12(13)14/h4-6,9-10H,7,16H2,1-3H3/t9?,10-/m1/s1. The summed E-state index contributed by atoms with van der Waals surface area (Å²) >= 11 is 0. The number of hydrogen-bond donors (Lipinski definition) is 1. The van der Waals surface area contributed by atoms with Gasteiger partial charge in [-0.1, -0.05) is 12.1 Å². The monoisotopic (exact) mass is 235 g/mol. The van der Waals surface area contributed by atoms with Crippen molar-refractivity contribution in [3.63, 3.8) is 0 Å². The van der Waals surface area contributed by atoms with Gasteiger partial charge in [-0.25, -0.2) is 4.39 Å². The van der Waals surface area contributed by atoms with Gasteiger partial charge in [-0.05, 0) is 25.5 Å². The van der Waals surface area contributed by atoms with Crippen LogP contribution in [0.1, 0.15) is 31.9 Å². The highest BCUT2D eigenvalue weighted by Gasteiger charge is 2.19. The Balaban J connectivity index is 3.16. The fraction of sp³-hybridized carbons (Fsp3) is 0.462. The molecule has 0 aliphatic heterocycles. The zero-order chi connectivity index (χ0) is 13.0. The van der Waals surface area contributed by atoms with E-state index in [-0.39, 0.29) is 17.9 Å². The van der Waals surface area contributed by atoms with E-state index in [1.54, 1.807) is 18.0 Å². The molecule has 17 heavy (non-hydrogen) atoms. The number of para-hydroxylation sites is 1. The van der Waals surface area contributed by atoms with Crippen LogP contribution in [-0.2, 0) is 0 Å². The summed E-state index contributed by atoms with van der Waals surface area (Å²) in [7, 11) is 1.78. The first-order chi connectivity index (χ1) is 7.99. The van der Waals surface area contributed by atoms with E-state index in [0.717, 1.165) is 5.56 Å². The Bertz CT molecular complexity index is 423. The van der Waals surface area contributed by atoms with Gasteiger partial charge in [-0.15, -0.1) is 0 Å². The summed E-state index contributed by atoms with van der Waals surface area (Å²) in [6.07, 6.45) is 0.350. The molecule has 1 aromatic carbocycles. The minimum Gasteiger partial charge on any atom is -0.368 e. The highest BCUT2D eigenvalue weighted by Crippen LogP contribution is 2.29. The van der Waals surface area contributed by atoms with Gasteiger partial charge in [0.05, 0.1) is 18.2 Å². The number of halogens is 1. The van der Waals surface area contributed by atoms with E-state index in [1.165, 1.54) is 6.07 Å². The van der Waals surface area contributed by atoms with E-state index >= 15 is 0 Å². The van der Waals surface area contributed by atoms with Crippen LogP contribution in [0.3, 0.4) is 0 Å². The number of rotatable bonds is 4. The highest BCUT2D eigenvalue weighted by molar-refractivity contribution is 5.56. The first kappa shape index (κ1) is 13.5. The van der Waals surface area contributed by atoms with Gasteiger partial charge in [0.15, 0.2) is 0 Å². The molecule has 0 saturated carbocycles.